The van der Waals surface area contributed by atoms with Gasteiger partial charge in [0.25, 0.3) is 0 Å². The molecule has 102 valence electrons. The van der Waals surface area contributed by atoms with Crippen LogP contribution >= 0.6 is 0 Å². The lowest BCUT2D eigenvalue weighted by Gasteiger charge is -2.13. The Labute approximate surface area is 110 Å². The molecule has 2 N–H and O–H groups in total. The van der Waals surface area contributed by atoms with Gasteiger partial charge in [0.05, 0.1) is 4.90 Å². The van der Waals surface area contributed by atoms with E-state index in [0.717, 1.165) is 29.7 Å². The number of hydrogen-bond donors (Lipinski definition) is 2. The van der Waals surface area contributed by atoms with Crippen LogP contribution in [-0.2, 0) is 10.0 Å². The Morgan fingerprint density at radius 1 is 1.17 bits per heavy atom. The molecule has 0 heterocycles. The maximum atomic E-state index is 12.2. The molecule has 0 aliphatic rings. The Morgan fingerprint density at radius 2 is 1.72 bits per heavy atom. The Morgan fingerprint density at radius 3 is 2.17 bits per heavy atom. The summed E-state index contributed by atoms with van der Waals surface area (Å²) in [6.45, 7) is 6.17. The summed E-state index contributed by atoms with van der Waals surface area (Å²) in [4.78, 5) is 0.401. The van der Waals surface area contributed by atoms with Crippen LogP contribution in [0.15, 0.2) is 17.0 Å². The van der Waals surface area contributed by atoms with Crippen LogP contribution in [0.2, 0.25) is 0 Å². The van der Waals surface area contributed by atoms with E-state index in [-0.39, 0.29) is 0 Å². The number of anilines is 1. The van der Waals surface area contributed by atoms with E-state index >= 15 is 0 Å². The van der Waals surface area contributed by atoms with E-state index in [4.69, 9.17) is 0 Å². The Bertz CT molecular complexity index is 487. The van der Waals surface area contributed by atoms with Crippen molar-refractivity contribution in [3.05, 3.63) is 23.3 Å². The minimum absolute atomic E-state index is 0.401. The summed E-state index contributed by atoms with van der Waals surface area (Å²) in [5.74, 6) is 0. The quantitative estimate of drug-likeness (QED) is 0.781. The normalized spacial score (nSPS) is 11.6. The predicted molar refractivity (Wildman–Crippen MR) is 75.6 cm³/mol. The molecule has 4 nitrogen and oxygen atoms in total. The molecule has 1 aromatic carbocycles. The van der Waals surface area contributed by atoms with E-state index in [2.05, 4.69) is 10.0 Å². The van der Waals surface area contributed by atoms with E-state index in [1.54, 1.807) is 0 Å². The molecule has 0 unspecified atom stereocenters. The van der Waals surface area contributed by atoms with Crippen LogP contribution in [0.5, 0.6) is 0 Å². The van der Waals surface area contributed by atoms with Crippen molar-refractivity contribution in [1.82, 2.24) is 4.72 Å². The van der Waals surface area contributed by atoms with Gasteiger partial charge in [0.15, 0.2) is 0 Å². The number of unbranched alkanes of at least 4 members (excludes halogenated alkanes) is 1. The average Bonchev–Trinajstić information content (AvgIpc) is 2.27. The van der Waals surface area contributed by atoms with Gasteiger partial charge in [-0.05, 0) is 43.5 Å². The van der Waals surface area contributed by atoms with Gasteiger partial charge in [-0.3, -0.25) is 0 Å². The fraction of sp³-hybridized carbons (Fsp3) is 0.538. The smallest absolute Gasteiger partial charge is 0.241 e. The monoisotopic (exact) mass is 270 g/mol. The number of nitrogens with one attached hydrogen (secondary N) is 2. The van der Waals surface area contributed by atoms with Gasteiger partial charge in [0, 0.05) is 19.3 Å². The topological polar surface area (TPSA) is 58.2 Å². The van der Waals surface area contributed by atoms with Crippen molar-refractivity contribution < 1.29 is 8.42 Å². The number of rotatable bonds is 6. The molecule has 0 saturated heterocycles. The second-order valence-corrected chi connectivity index (χ2v) is 6.14. The fourth-order valence-electron chi connectivity index (χ4n) is 1.97. The molecule has 0 amide bonds. The zero-order chi connectivity index (χ0) is 13.8. The largest absolute Gasteiger partial charge is 0.388 e. The van der Waals surface area contributed by atoms with Crippen molar-refractivity contribution in [2.75, 3.05) is 18.9 Å². The first-order valence-electron chi connectivity index (χ1n) is 6.21. The lowest BCUT2D eigenvalue weighted by atomic mass is 10.1. The van der Waals surface area contributed by atoms with Gasteiger partial charge in [-0.25, -0.2) is 13.1 Å². The summed E-state index contributed by atoms with van der Waals surface area (Å²) in [5, 5.41) is 3.02. The van der Waals surface area contributed by atoms with E-state index < -0.39 is 10.0 Å². The van der Waals surface area contributed by atoms with Gasteiger partial charge >= 0.3 is 0 Å². The van der Waals surface area contributed by atoms with Crippen LogP contribution in [0.3, 0.4) is 0 Å². The highest BCUT2D eigenvalue weighted by molar-refractivity contribution is 7.89. The summed E-state index contributed by atoms with van der Waals surface area (Å²) < 4.78 is 27.1. The van der Waals surface area contributed by atoms with Crippen molar-refractivity contribution >= 4 is 15.7 Å². The molecule has 0 bridgehead atoms. The Balaban J connectivity index is 3.09. The second kappa shape index (κ2) is 6.20. The standard InChI is InChI=1S/C13H22N2O2S/c1-5-6-7-15-18(16,17)13-10(2)8-12(14-4)9-11(13)3/h8-9,14-15H,5-7H2,1-4H3. The van der Waals surface area contributed by atoms with Gasteiger partial charge in [0.1, 0.15) is 0 Å². The molecular formula is C13H22N2O2S. The van der Waals surface area contributed by atoms with Gasteiger partial charge in [-0.1, -0.05) is 13.3 Å². The molecule has 5 heteroatoms. The molecule has 0 aliphatic carbocycles. The number of aryl methyl sites for hydroxylation is 2. The van der Waals surface area contributed by atoms with Crippen LogP contribution in [0.1, 0.15) is 30.9 Å². The van der Waals surface area contributed by atoms with Gasteiger partial charge < -0.3 is 5.32 Å². The SMILES string of the molecule is CCCCNS(=O)(=O)c1c(C)cc(NC)cc1C. The van der Waals surface area contributed by atoms with Crippen LogP contribution < -0.4 is 10.0 Å². The molecular weight excluding hydrogens is 248 g/mol. The summed E-state index contributed by atoms with van der Waals surface area (Å²) in [6, 6.07) is 3.70. The van der Waals surface area contributed by atoms with Crippen LogP contribution in [0.25, 0.3) is 0 Å². The molecule has 1 aromatic rings. The zero-order valence-electron chi connectivity index (χ0n) is 11.5. The Hall–Kier alpha value is -1.07. The third kappa shape index (κ3) is 3.46. The number of benzene rings is 1. The van der Waals surface area contributed by atoms with E-state index in [1.807, 2.05) is 40.0 Å². The molecule has 1 rings (SSSR count). The zero-order valence-corrected chi connectivity index (χ0v) is 12.3. The van der Waals surface area contributed by atoms with Crippen LogP contribution in [-0.4, -0.2) is 22.0 Å². The second-order valence-electron chi connectivity index (χ2n) is 4.44. The van der Waals surface area contributed by atoms with Gasteiger partial charge in [-0.2, -0.15) is 0 Å². The Kier molecular flexibility index (Phi) is 5.16. The number of sulfonamides is 1. The highest BCUT2D eigenvalue weighted by Gasteiger charge is 2.19. The summed E-state index contributed by atoms with van der Waals surface area (Å²) in [6.07, 6.45) is 1.82. The first-order chi connectivity index (χ1) is 8.42. The minimum atomic E-state index is -3.40. The van der Waals surface area contributed by atoms with Gasteiger partial charge in [0.2, 0.25) is 10.0 Å². The average molecular weight is 270 g/mol. The molecule has 0 radical (unpaired) electrons. The first kappa shape index (κ1) is 15.0. The lowest BCUT2D eigenvalue weighted by molar-refractivity contribution is 0.577. The molecule has 0 spiro atoms. The highest BCUT2D eigenvalue weighted by Crippen LogP contribution is 2.24. The number of hydrogen-bond acceptors (Lipinski definition) is 3. The molecule has 0 aromatic heterocycles. The predicted octanol–water partition coefficient (Wildman–Crippen LogP) is 2.42. The molecule has 0 atom stereocenters. The minimum Gasteiger partial charge on any atom is -0.388 e. The third-order valence-electron chi connectivity index (χ3n) is 2.84. The molecule has 0 saturated carbocycles. The van der Waals surface area contributed by atoms with Gasteiger partial charge in [-0.15, -0.1) is 0 Å². The summed E-state index contributed by atoms with van der Waals surface area (Å²) in [5.41, 5.74) is 2.46. The highest BCUT2D eigenvalue weighted by atomic mass is 32.2. The van der Waals surface area contributed by atoms with E-state index in [1.165, 1.54) is 0 Å². The maximum Gasteiger partial charge on any atom is 0.241 e. The van der Waals surface area contributed by atoms with Crippen molar-refractivity contribution in [3.8, 4) is 0 Å². The fourth-order valence-corrected chi connectivity index (χ4v) is 3.50. The maximum absolute atomic E-state index is 12.2. The van der Waals surface area contributed by atoms with E-state index in [9.17, 15) is 8.42 Å². The lowest BCUT2D eigenvalue weighted by Crippen LogP contribution is -2.26. The first-order valence-corrected chi connectivity index (χ1v) is 7.69. The molecule has 0 aliphatic heterocycles. The van der Waals surface area contributed by atoms with Crippen LogP contribution in [0.4, 0.5) is 5.69 Å². The molecule has 0 fully saturated rings. The molecule has 18 heavy (non-hydrogen) atoms. The summed E-state index contributed by atoms with van der Waals surface area (Å²) in [7, 11) is -1.58. The van der Waals surface area contributed by atoms with Crippen LogP contribution in [0, 0.1) is 13.8 Å². The van der Waals surface area contributed by atoms with Crippen molar-refractivity contribution in [3.63, 3.8) is 0 Å². The van der Waals surface area contributed by atoms with Crippen molar-refractivity contribution in [1.29, 1.82) is 0 Å². The third-order valence-corrected chi connectivity index (χ3v) is 4.61. The summed E-state index contributed by atoms with van der Waals surface area (Å²) >= 11 is 0. The van der Waals surface area contributed by atoms with Crippen molar-refractivity contribution in [2.24, 2.45) is 0 Å². The van der Waals surface area contributed by atoms with E-state index in [0.29, 0.717) is 11.4 Å². The van der Waals surface area contributed by atoms with Crippen molar-refractivity contribution in [2.45, 2.75) is 38.5 Å².